The van der Waals surface area contributed by atoms with E-state index in [9.17, 15) is 9.59 Å². The van der Waals surface area contributed by atoms with Gasteiger partial charge in [0.25, 0.3) is 0 Å². The molecule has 0 saturated carbocycles. The zero-order valence-corrected chi connectivity index (χ0v) is 8.27. The molecular weight excluding hydrogens is 188 g/mol. The van der Waals surface area contributed by atoms with Gasteiger partial charge in [-0.1, -0.05) is 0 Å². The molecule has 0 aromatic rings. The summed E-state index contributed by atoms with van der Waals surface area (Å²) in [5, 5.41) is 0. The zero-order valence-electron chi connectivity index (χ0n) is 8.27. The van der Waals surface area contributed by atoms with E-state index in [0.29, 0.717) is 0 Å². The van der Waals surface area contributed by atoms with Gasteiger partial charge >= 0.3 is 11.9 Å². The van der Waals surface area contributed by atoms with E-state index < -0.39 is 11.9 Å². The smallest absolute Gasteiger partial charge is 0.345 e. The molecule has 0 aromatic heterocycles. The second kappa shape index (κ2) is 6.71. The van der Waals surface area contributed by atoms with Crippen LogP contribution in [0.3, 0.4) is 0 Å². The molecule has 0 aliphatic rings. The molecule has 0 bridgehead atoms. The van der Waals surface area contributed by atoms with Crippen molar-refractivity contribution in [3.8, 4) is 0 Å². The summed E-state index contributed by atoms with van der Waals surface area (Å²) < 4.78 is 13.4. The van der Waals surface area contributed by atoms with Crippen molar-refractivity contribution in [3.05, 3.63) is 24.0 Å². The van der Waals surface area contributed by atoms with Gasteiger partial charge in [-0.3, -0.25) is 0 Å². The fourth-order valence-corrected chi connectivity index (χ4v) is 0.653. The van der Waals surface area contributed by atoms with Crippen LogP contribution < -0.4 is 0 Å². The SMILES string of the molecule is CO/C=C/C=C(C(=O)OC)C(=O)OC. The highest BCUT2D eigenvalue weighted by atomic mass is 16.5. The zero-order chi connectivity index (χ0) is 11.0. The number of hydrogen-bond donors (Lipinski definition) is 0. The van der Waals surface area contributed by atoms with Crippen molar-refractivity contribution >= 4 is 11.9 Å². The van der Waals surface area contributed by atoms with Crippen LogP contribution in [0.4, 0.5) is 0 Å². The Morgan fingerprint density at radius 3 is 1.86 bits per heavy atom. The molecule has 0 amide bonds. The maximum Gasteiger partial charge on any atom is 0.345 e. The molecule has 0 atom stereocenters. The van der Waals surface area contributed by atoms with Gasteiger partial charge in [0.2, 0.25) is 0 Å². The van der Waals surface area contributed by atoms with Crippen LogP contribution in [0.2, 0.25) is 0 Å². The molecule has 5 nitrogen and oxygen atoms in total. The maximum atomic E-state index is 11.0. The Bertz CT molecular complexity index is 246. The summed E-state index contributed by atoms with van der Waals surface area (Å²) in [7, 11) is 3.80. The molecule has 0 aliphatic heterocycles. The Kier molecular flexibility index (Phi) is 5.85. The van der Waals surface area contributed by atoms with Gasteiger partial charge in [-0.2, -0.15) is 0 Å². The molecule has 0 aromatic carbocycles. The molecular formula is C9H12O5. The Labute approximate surface area is 81.9 Å². The van der Waals surface area contributed by atoms with Gasteiger partial charge in [-0.15, -0.1) is 0 Å². The molecule has 0 N–H and O–H groups in total. The molecule has 0 rings (SSSR count). The van der Waals surface area contributed by atoms with E-state index in [1.807, 2.05) is 0 Å². The quantitative estimate of drug-likeness (QED) is 0.164. The fraction of sp³-hybridized carbons (Fsp3) is 0.333. The van der Waals surface area contributed by atoms with Gasteiger partial charge in [-0.25, -0.2) is 9.59 Å². The minimum Gasteiger partial charge on any atom is -0.504 e. The molecule has 0 radical (unpaired) electrons. The summed E-state index contributed by atoms with van der Waals surface area (Å²) in [5.41, 5.74) is -0.191. The highest BCUT2D eigenvalue weighted by Gasteiger charge is 2.18. The third kappa shape index (κ3) is 3.75. The molecule has 0 heterocycles. The second-order valence-electron chi connectivity index (χ2n) is 2.13. The van der Waals surface area contributed by atoms with Crippen molar-refractivity contribution in [1.82, 2.24) is 0 Å². The highest BCUT2D eigenvalue weighted by Crippen LogP contribution is 2.00. The van der Waals surface area contributed by atoms with Crippen molar-refractivity contribution in [2.24, 2.45) is 0 Å². The summed E-state index contributed by atoms with van der Waals surface area (Å²) in [5.74, 6) is -1.50. The van der Waals surface area contributed by atoms with Crippen LogP contribution in [0.15, 0.2) is 24.0 Å². The number of ether oxygens (including phenoxy) is 3. The van der Waals surface area contributed by atoms with Crippen LogP contribution in [0.5, 0.6) is 0 Å². The van der Waals surface area contributed by atoms with Crippen molar-refractivity contribution in [2.75, 3.05) is 21.3 Å². The van der Waals surface area contributed by atoms with Crippen molar-refractivity contribution in [2.45, 2.75) is 0 Å². The van der Waals surface area contributed by atoms with E-state index in [4.69, 9.17) is 0 Å². The Hall–Kier alpha value is -1.78. The number of carbonyl (C=O) groups is 2. The summed E-state index contributed by atoms with van der Waals surface area (Å²) in [6.45, 7) is 0. The third-order valence-corrected chi connectivity index (χ3v) is 1.29. The van der Waals surface area contributed by atoms with E-state index >= 15 is 0 Å². The first-order valence-corrected chi connectivity index (χ1v) is 3.73. The van der Waals surface area contributed by atoms with E-state index in [0.717, 1.165) is 0 Å². The van der Waals surface area contributed by atoms with E-state index in [1.165, 1.54) is 39.7 Å². The number of methoxy groups -OCH3 is 3. The normalized spacial score (nSPS) is 9.36. The van der Waals surface area contributed by atoms with Gasteiger partial charge in [0.05, 0.1) is 27.6 Å². The van der Waals surface area contributed by atoms with E-state index in [2.05, 4.69) is 14.2 Å². The number of hydrogen-bond acceptors (Lipinski definition) is 5. The van der Waals surface area contributed by atoms with Crippen LogP contribution in [0.25, 0.3) is 0 Å². The minimum atomic E-state index is -0.752. The Balaban J connectivity index is 4.71. The Morgan fingerprint density at radius 1 is 1.00 bits per heavy atom. The van der Waals surface area contributed by atoms with Gasteiger partial charge < -0.3 is 14.2 Å². The van der Waals surface area contributed by atoms with Gasteiger partial charge in [0.1, 0.15) is 5.57 Å². The van der Waals surface area contributed by atoms with E-state index in [1.54, 1.807) is 0 Å². The van der Waals surface area contributed by atoms with Gasteiger partial charge in [0.15, 0.2) is 0 Å². The van der Waals surface area contributed by atoms with Crippen LogP contribution in [-0.2, 0) is 23.8 Å². The lowest BCUT2D eigenvalue weighted by atomic mass is 10.2. The first kappa shape index (κ1) is 12.2. The third-order valence-electron chi connectivity index (χ3n) is 1.29. The standard InChI is InChI=1S/C9H12O5/c1-12-6-4-5-7(8(10)13-2)9(11)14-3/h4-6H,1-3H3/b6-4+. The number of esters is 2. The average Bonchev–Trinajstić information content (AvgIpc) is 2.22. The molecule has 5 heteroatoms. The first-order chi connectivity index (χ1) is 6.67. The maximum absolute atomic E-state index is 11.0. The first-order valence-electron chi connectivity index (χ1n) is 3.73. The second-order valence-corrected chi connectivity index (χ2v) is 2.13. The molecule has 0 aliphatic carbocycles. The summed E-state index contributed by atoms with van der Waals surface area (Å²) >= 11 is 0. The topological polar surface area (TPSA) is 61.8 Å². The van der Waals surface area contributed by atoms with Crippen molar-refractivity contribution in [3.63, 3.8) is 0 Å². The molecule has 14 heavy (non-hydrogen) atoms. The minimum absolute atomic E-state index is 0.191. The van der Waals surface area contributed by atoms with Crippen LogP contribution in [0.1, 0.15) is 0 Å². The predicted octanol–water partition coefficient (Wildman–Crippen LogP) is 0.419. The number of carbonyl (C=O) groups excluding carboxylic acids is 2. The van der Waals surface area contributed by atoms with Crippen molar-refractivity contribution < 1.29 is 23.8 Å². The molecule has 0 saturated heterocycles. The average molecular weight is 200 g/mol. The highest BCUT2D eigenvalue weighted by molar-refractivity contribution is 6.14. The summed E-state index contributed by atoms with van der Waals surface area (Å²) in [4.78, 5) is 22.1. The molecule has 78 valence electrons. The molecule has 0 fully saturated rings. The van der Waals surface area contributed by atoms with Crippen molar-refractivity contribution in [1.29, 1.82) is 0 Å². The lowest BCUT2D eigenvalue weighted by Crippen LogP contribution is -2.15. The predicted molar refractivity (Wildman–Crippen MR) is 48.3 cm³/mol. The van der Waals surface area contributed by atoms with Gasteiger partial charge in [-0.05, 0) is 12.2 Å². The summed E-state index contributed by atoms with van der Waals surface area (Å²) in [6, 6.07) is 0. The Morgan fingerprint density at radius 2 is 1.50 bits per heavy atom. The summed E-state index contributed by atoms with van der Waals surface area (Å²) in [6.07, 6.45) is 3.95. The lowest BCUT2D eigenvalue weighted by molar-refractivity contribution is -0.144. The van der Waals surface area contributed by atoms with E-state index in [-0.39, 0.29) is 5.57 Å². The van der Waals surface area contributed by atoms with Gasteiger partial charge in [0, 0.05) is 0 Å². The molecule has 0 spiro atoms. The van der Waals surface area contributed by atoms with Crippen LogP contribution in [0, 0.1) is 0 Å². The number of rotatable bonds is 4. The van der Waals surface area contributed by atoms with Crippen LogP contribution >= 0.6 is 0 Å². The number of allylic oxidation sites excluding steroid dienone is 2. The monoisotopic (exact) mass is 200 g/mol. The fourth-order valence-electron chi connectivity index (χ4n) is 0.653. The largest absolute Gasteiger partial charge is 0.504 e. The molecule has 0 unspecified atom stereocenters. The van der Waals surface area contributed by atoms with Crippen LogP contribution in [-0.4, -0.2) is 33.3 Å². The lowest BCUT2D eigenvalue weighted by Gasteiger charge is -2.01.